The van der Waals surface area contributed by atoms with E-state index in [1.54, 1.807) is 23.9 Å². The van der Waals surface area contributed by atoms with E-state index in [2.05, 4.69) is 4.72 Å². The highest BCUT2D eigenvalue weighted by molar-refractivity contribution is 8.13. The molecule has 0 aliphatic heterocycles. The first-order valence-electron chi connectivity index (χ1n) is 5.71. The van der Waals surface area contributed by atoms with Gasteiger partial charge in [0.1, 0.15) is 0 Å². The van der Waals surface area contributed by atoms with Crippen molar-refractivity contribution in [1.82, 2.24) is 9.62 Å². The Labute approximate surface area is 142 Å². The molecule has 8 heteroatoms. The molecule has 0 bridgehead atoms. The summed E-state index contributed by atoms with van der Waals surface area (Å²) in [6.07, 6.45) is 0. The smallest absolute Gasteiger partial charge is 0.312 e. The summed E-state index contributed by atoms with van der Waals surface area (Å²) in [6, 6.07) is 6.83. The zero-order valence-electron chi connectivity index (χ0n) is 12.2. The van der Waals surface area contributed by atoms with Gasteiger partial charge in [0.15, 0.2) is 0 Å². The van der Waals surface area contributed by atoms with Gasteiger partial charge in [-0.1, -0.05) is 0 Å². The second-order valence-corrected chi connectivity index (χ2v) is 7.28. The number of rotatable bonds is 3. The zero-order valence-corrected chi connectivity index (χ0v) is 16.0. The Bertz CT molecular complexity index is 565. The summed E-state index contributed by atoms with van der Waals surface area (Å²) in [5.74, 6) is 0. The first kappa shape index (κ1) is 19.7. The predicted octanol–water partition coefficient (Wildman–Crippen LogP) is -2.12. The Kier molecular flexibility index (Phi) is 8.07. The molecule has 5 nitrogen and oxygen atoms in total. The minimum absolute atomic E-state index is 0. The highest BCUT2D eigenvalue weighted by Crippen LogP contribution is 2.22. The fourth-order valence-electron chi connectivity index (χ4n) is 1.49. The molecule has 1 aromatic carbocycles. The van der Waals surface area contributed by atoms with Crippen molar-refractivity contribution in [3.8, 4) is 0 Å². The van der Waals surface area contributed by atoms with Gasteiger partial charge in [0, 0.05) is 4.90 Å². The number of sulfonamides is 1. The Morgan fingerprint density at radius 1 is 1.20 bits per heavy atom. The molecule has 0 heterocycles. The molecule has 0 fully saturated rings. The van der Waals surface area contributed by atoms with E-state index < -0.39 is 10.0 Å². The standard InChI is InChI=1S/C12H20N3O2S2.HI/c1-13-19(16,17)11-8-6-10(7-9-11)18-12(14(2)3)15(4)5;/h6-9,13H,1-5H3;1H/q+1;/p-1. The van der Waals surface area contributed by atoms with Gasteiger partial charge >= 0.3 is 5.17 Å². The molecule has 0 saturated heterocycles. The van der Waals surface area contributed by atoms with E-state index in [0.717, 1.165) is 10.1 Å². The lowest BCUT2D eigenvalue weighted by Gasteiger charge is -2.10. The summed E-state index contributed by atoms with van der Waals surface area (Å²) >= 11 is 1.59. The fourth-order valence-corrected chi connectivity index (χ4v) is 3.07. The van der Waals surface area contributed by atoms with Crippen LogP contribution in [0.2, 0.25) is 0 Å². The van der Waals surface area contributed by atoms with Crippen LogP contribution in [0.4, 0.5) is 0 Å². The molecular formula is C12H20IN3O2S2. The van der Waals surface area contributed by atoms with Crippen molar-refractivity contribution >= 4 is 27.0 Å². The zero-order chi connectivity index (χ0) is 14.6. The Morgan fingerprint density at radius 2 is 1.70 bits per heavy atom. The molecule has 20 heavy (non-hydrogen) atoms. The minimum Gasteiger partial charge on any atom is -1.00 e. The van der Waals surface area contributed by atoms with Crippen LogP contribution in [0.5, 0.6) is 0 Å². The molecule has 1 N–H and O–H groups in total. The highest BCUT2D eigenvalue weighted by Gasteiger charge is 2.15. The van der Waals surface area contributed by atoms with Gasteiger partial charge < -0.3 is 24.0 Å². The molecular weight excluding hydrogens is 409 g/mol. The maximum absolute atomic E-state index is 11.6. The van der Waals surface area contributed by atoms with Crippen molar-refractivity contribution in [3.05, 3.63) is 24.3 Å². The normalized spacial score (nSPS) is 10.7. The first-order valence-corrected chi connectivity index (χ1v) is 8.01. The number of thioether (sulfide) groups is 1. The molecule has 114 valence electrons. The van der Waals surface area contributed by atoms with E-state index in [4.69, 9.17) is 0 Å². The maximum atomic E-state index is 11.6. The summed E-state index contributed by atoms with van der Waals surface area (Å²) in [5.41, 5.74) is 0. The third kappa shape index (κ3) is 5.23. The quantitative estimate of drug-likeness (QED) is 0.196. The second kappa shape index (κ2) is 8.20. The number of amidine groups is 1. The lowest BCUT2D eigenvalue weighted by molar-refractivity contribution is -0.466. The van der Waals surface area contributed by atoms with Crippen LogP contribution in [0, 0.1) is 0 Å². The highest BCUT2D eigenvalue weighted by atomic mass is 127. The monoisotopic (exact) mass is 429 g/mol. The van der Waals surface area contributed by atoms with E-state index in [9.17, 15) is 8.42 Å². The molecule has 0 aromatic heterocycles. The van der Waals surface area contributed by atoms with E-state index in [1.165, 1.54) is 7.05 Å². The number of halogens is 1. The molecule has 0 amide bonds. The second-order valence-electron chi connectivity index (χ2n) is 4.35. The molecule has 1 aromatic rings. The average molecular weight is 429 g/mol. The summed E-state index contributed by atoms with van der Waals surface area (Å²) in [6.45, 7) is 0. The molecule has 0 radical (unpaired) electrons. The molecule has 0 saturated carbocycles. The fraction of sp³-hybridized carbons (Fsp3) is 0.417. The number of hydrogen-bond acceptors (Lipinski definition) is 3. The van der Waals surface area contributed by atoms with Crippen molar-refractivity contribution in [3.63, 3.8) is 0 Å². The van der Waals surface area contributed by atoms with Crippen LogP contribution in [0.1, 0.15) is 0 Å². The van der Waals surface area contributed by atoms with Gasteiger partial charge in [-0.2, -0.15) is 0 Å². The van der Waals surface area contributed by atoms with E-state index in [0.29, 0.717) is 0 Å². The lowest BCUT2D eigenvalue weighted by Crippen LogP contribution is -3.00. The van der Waals surface area contributed by atoms with Gasteiger partial charge in [0.05, 0.1) is 33.1 Å². The van der Waals surface area contributed by atoms with Gasteiger partial charge in [0.25, 0.3) is 0 Å². The van der Waals surface area contributed by atoms with Crippen LogP contribution in [0.15, 0.2) is 34.1 Å². The Hall–Kier alpha value is -0.320. The van der Waals surface area contributed by atoms with Crippen LogP contribution >= 0.6 is 11.8 Å². The van der Waals surface area contributed by atoms with Crippen molar-refractivity contribution in [2.24, 2.45) is 0 Å². The van der Waals surface area contributed by atoms with Crippen LogP contribution in [0.3, 0.4) is 0 Å². The number of hydrogen-bond donors (Lipinski definition) is 1. The molecule has 0 unspecified atom stereocenters. The van der Waals surface area contributed by atoms with Crippen LogP contribution < -0.4 is 28.7 Å². The third-order valence-corrected chi connectivity index (χ3v) is 5.23. The van der Waals surface area contributed by atoms with Crippen molar-refractivity contribution < 1.29 is 37.0 Å². The summed E-state index contributed by atoms with van der Waals surface area (Å²) in [7, 11) is 5.94. The van der Waals surface area contributed by atoms with Gasteiger partial charge in [-0.3, -0.25) is 9.48 Å². The number of benzene rings is 1. The maximum Gasteiger partial charge on any atom is 0.312 e. The van der Waals surface area contributed by atoms with Crippen molar-refractivity contribution in [2.45, 2.75) is 9.79 Å². The molecule has 0 spiro atoms. The third-order valence-electron chi connectivity index (χ3n) is 2.38. The first-order chi connectivity index (χ1) is 8.77. The topological polar surface area (TPSA) is 52.4 Å². The summed E-state index contributed by atoms with van der Waals surface area (Å²) < 4.78 is 27.5. The van der Waals surface area contributed by atoms with Crippen LogP contribution in [0.25, 0.3) is 0 Å². The number of nitrogens with one attached hydrogen (secondary N) is 1. The van der Waals surface area contributed by atoms with E-state index in [-0.39, 0.29) is 28.9 Å². The van der Waals surface area contributed by atoms with E-state index in [1.807, 2.05) is 49.8 Å². The molecule has 0 atom stereocenters. The predicted molar refractivity (Wildman–Crippen MR) is 79.3 cm³/mol. The van der Waals surface area contributed by atoms with Crippen molar-refractivity contribution in [2.75, 3.05) is 35.2 Å². The van der Waals surface area contributed by atoms with Gasteiger partial charge in [-0.25, -0.2) is 13.1 Å². The van der Waals surface area contributed by atoms with Crippen molar-refractivity contribution in [1.29, 1.82) is 0 Å². The lowest BCUT2D eigenvalue weighted by atomic mass is 10.4. The average Bonchev–Trinajstić information content (AvgIpc) is 2.35. The van der Waals surface area contributed by atoms with Gasteiger partial charge in [0.2, 0.25) is 10.0 Å². The summed E-state index contributed by atoms with van der Waals surface area (Å²) in [5, 5.41) is 1.07. The Morgan fingerprint density at radius 3 is 2.05 bits per heavy atom. The molecule has 0 aliphatic rings. The molecule has 1 rings (SSSR count). The van der Waals surface area contributed by atoms with E-state index >= 15 is 0 Å². The summed E-state index contributed by atoms with van der Waals surface area (Å²) in [4.78, 5) is 3.28. The van der Waals surface area contributed by atoms with Crippen LogP contribution in [-0.2, 0) is 10.0 Å². The molecule has 0 aliphatic carbocycles. The number of nitrogens with zero attached hydrogens (tertiary/aromatic N) is 2. The van der Waals surface area contributed by atoms with Gasteiger partial charge in [-0.15, -0.1) is 0 Å². The Balaban J connectivity index is 0.00000361. The minimum atomic E-state index is -3.36. The SMILES string of the molecule is CNS(=O)(=O)c1ccc(SC(N(C)C)=[N+](C)C)cc1.[I-]. The van der Waals surface area contributed by atoms with Gasteiger partial charge in [-0.05, 0) is 43.1 Å². The largest absolute Gasteiger partial charge is 1.00 e. The van der Waals surface area contributed by atoms with Crippen LogP contribution in [-0.4, -0.2) is 58.3 Å².